The van der Waals surface area contributed by atoms with E-state index in [0.29, 0.717) is 19.0 Å². The van der Waals surface area contributed by atoms with Gasteiger partial charge in [0, 0.05) is 37.6 Å². The van der Waals surface area contributed by atoms with Gasteiger partial charge in [-0.3, -0.25) is 0 Å². The summed E-state index contributed by atoms with van der Waals surface area (Å²) in [5.41, 5.74) is -1.73. The largest absolute Gasteiger partial charge is 0.435 e. The van der Waals surface area contributed by atoms with E-state index in [9.17, 15) is 35.6 Å². The Bertz CT molecular complexity index is 1460. The average Bonchev–Trinajstić information content (AvgIpc) is 3.32. The molecule has 0 unspecified atom stereocenters. The van der Waals surface area contributed by atoms with Gasteiger partial charge >= 0.3 is 12.8 Å². The second-order valence-corrected chi connectivity index (χ2v) is 10.4. The van der Waals surface area contributed by atoms with E-state index in [1.807, 2.05) is 6.07 Å². The van der Waals surface area contributed by atoms with Crippen molar-refractivity contribution in [2.24, 2.45) is 0 Å². The van der Waals surface area contributed by atoms with Crippen molar-refractivity contribution < 1.29 is 35.1 Å². The number of halogens is 5. The Labute approximate surface area is 213 Å². The molecule has 1 aliphatic heterocycles. The van der Waals surface area contributed by atoms with Gasteiger partial charge in [0.1, 0.15) is 35.1 Å². The quantitative estimate of drug-likeness (QED) is 0.437. The average molecular weight is 558 g/mol. The Morgan fingerprint density at radius 1 is 1.21 bits per heavy atom. The van der Waals surface area contributed by atoms with Gasteiger partial charge in [0.05, 0.1) is 17.5 Å². The lowest BCUT2D eigenvalue weighted by atomic mass is 10.1. The maximum atomic E-state index is 13.8. The lowest BCUT2D eigenvalue weighted by Crippen LogP contribution is -2.42. The summed E-state index contributed by atoms with van der Waals surface area (Å²) in [6.07, 6.45) is 0.131. The van der Waals surface area contributed by atoms with Crippen LogP contribution >= 0.6 is 0 Å². The molecule has 1 fully saturated rings. The van der Waals surface area contributed by atoms with Crippen LogP contribution < -0.4 is 10.1 Å². The molecule has 0 aliphatic carbocycles. The molecule has 10 nitrogen and oxygen atoms in total. The molecule has 3 heterocycles. The number of hydrogen-bond donors (Lipinski definition) is 1. The molecule has 1 N–H and O–H groups in total. The van der Waals surface area contributed by atoms with Crippen LogP contribution in [0.3, 0.4) is 0 Å². The standard InChI is InChI=1S/C22H20F5N7O3S/c1-38(35,36)34-6-4-14(5-7-34)31-21-29-10-16(22(25,26)27)19(32-21)17-11-33(12-30-17)18-3-2-15(37-20(23)24)8-13(18)9-28/h2-3,8,10-12,14,20H,4-7H2,1H3,(H,29,31,32). The Morgan fingerprint density at radius 2 is 1.92 bits per heavy atom. The van der Waals surface area contributed by atoms with E-state index in [2.05, 4.69) is 25.0 Å². The summed E-state index contributed by atoms with van der Waals surface area (Å²) < 4.78 is 96.5. The minimum atomic E-state index is -4.80. The molecular weight excluding hydrogens is 537 g/mol. The Morgan fingerprint density at radius 3 is 2.53 bits per heavy atom. The predicted octanol–water partition coefficient (Wildman–Crippen LogP) is 3.66. The lowest BCUT2D eigenvalue weighted by molar-refractivity contribution is -0.137. The van der Waals surface area contributed by atoms with Crippen molar-refractivity contribution in [3.8, 4) is 28.9 Å². The number of nitrogens with one attached hydrogen (secondary N) is 1. The third-order valence-corrected chi connectivity index (χ3v) is 7.07. The number of imidazole rings is 1. The number of nitrogens with zero attached hydrogens (tertiary/aromatic N) is 6. The third kappa shape index (κ3) is 6.17. The van der Waals surface area contributed by atoms with Gasteiger partial charge in [-0.1, -0.05) is 0 Å². The zero-order valence-corrected chi connectivity index (χ0v) is 20.5. The van der Waals surface area contributed by atoms with E-state index in [1.54, 1.807) is 0 Å². The molecule has 1 aromatic carbocycles. The first-order valence-electron chi connectivity index (χ1n) is 11.0. The number of nitriles is 1. The highest BCUT2D eigenvalue weighted by Crippen LogP contribution is 2.36. The Kier molecular flexibility index (Phi) is 7.51. The van der Waals surface area contributed by atoms with E-state index in [-0.39, 0.29) is 47.8 Å². The Balaban J connectivity index is 1.63. The number of alkyl halides is 5. The van der Waals surface area contributed by atoms with Crippen molar-refractivity contribution >= 4 is 16.0 Å². The van der Waals surface area contributed by atoms with Crippen LogP contribution in [-0.4, -0.2) is 64.2 Å². The molecule has 16 heteroatoms. The van der Waals surface area contributed by atoms with E-state index < -0.39 is 34.1 Å². The number of piperidine rings is 1. The van der Waals surface area contributed by atoms with Crippen molar-refractivity contribution in [2.75, 3.05) is 24.7 Å². The second-order valence-electron chi connectivity index (χ2n) is 8.37. The molecular formula is C22H20F5N7O3S. The monoisotopic (exact) mass is 557 g/mol. The first kappa shape index (κ1) is 27.2. The highest BCUT2D eigenvalue weighted by Gasteiger charge is 2.36. The molecule has 0 radical (unpaired) electrons. The van der Waals surface area contributed by atoms with Gasteiger partial charge < -0.3 is 14.6 Å². The van der Waals surface area contributed by atoms with Gasteiger partial charge in [0.15, 0.2) is 0 Å². The highest BCUT2D eigenvalue weighted by atomic mass is 32.2. The zero-order chi connectivity index (χ0) is 27.7. The van der Waals surface area contributed by atoms with Gasteiger partial charge in [-0.2, -0.15) is 27.2 Å². The summed E-state index contributed by atoms with van der Waals surface area (Å²) in [6, 6.07) is 5.12. The molecule has 2 aromatic heterocycles. The van der Waals surface area contributed by atoms with E-state index in [0.717, 1.165) is 18.6 Å². The van der Waals surface area contributed by atoms with Crippen LogP contribution in [0.1, 0.15) is 24.0 Å². The molecule has 3 aromatic rings. The van der Waals surface area contributed by atoms with Crippen LogP contribution in [0.4, 0.5) is 27.9 Å². The number of ether oxygens (including phenoxy) is 1. The van der Waals surface area contributed by atoms with Crippen LogP contribution in [0, 0.1) is 11.3 Å². The summed E-state index contributed by atoms with van der Waals surface area (Å²) in [5, 5.41) is 12.4. The molecule has 4 rings (SSSR count). The molecule has 38 heavy (non-hydrogen) atoms. The van der Waals surface area contributed by atoms with Crippen molar-refractivity contribution in [1.29, 1.82) is 5.26 Å². The van der Waals surface area contributed by atoms with E-state index in [1.165, 1.54) is 27.2 Å². The van der Waals surface area contributed by atoms with Crippen molar-refractivity contribution in [2.45, 2.75) is 31.7 Å². The van der Waals surface area contributed by atoms with Crippen LogP contribution in [0.5, 0.6) is 5.75 Å². The molecule has 1 saturated heterocycles. The van der Waals surface area contributed by atoms with Crippen LogP contribution in [0.15, 0.2) is 36.9 Å². The van der Waals surface area contributed by atoms with Gasteiger partial charge in [0.25, 0.3) is 0 Å². The molecule has 202 valence electrons. The number of aromatic nitrogens is 4. The number of benzene rings is 1. The fraction of sp³-hybridized carbons (Fsp3) is 0.364. The normalized spacial score (nSPS) is 15.4. The van der Waals surface area contributed by atoms with Crippen molar-refractivity contribution in [3.05, 3.63) is 48.0 Å². The zero-order valence-electron chi connectivity index (χ0n) is 19.7. The summed E-state index contributed by atoms with van der Waals surface area (Å²) in [4.78, 5) is 11.9. The van der Waals surface area contributed by atoms with Gasteiger partial charge in [-0.15, -0.1) is 0 Å². The Hall–Kier alpha value is -3.84. The van der Waals surface area contributed by atoms with Gasteiger partial charge in [0.2, 0.25) is 16.0 Å². The number of rotatable bonds is 7. The molecule has 0 bridgehead atoms. The first-order valence-corrected chi connectivity index (χ1v) is 12.9. The summed E-state index contributed by atoms with van der Waals surface area (Å²) in [6.45, 7) is -2.60. The van der Waals surface area contributed by atoms with E-state index in [4.69, 9.17) is 0 Å². The molecule has 0 atom stereocenters. The molecule has 0 saturated carbocycles. The summed E-state index contributed by atoms with van der Waals surface area (Å²) >= 11 is 0. The number of hydrogen-bond acceptors (Lipinski definition) is 8. The molecule has 0 amide bonds. The van der Waals surface area contributed by atoms with Crippen molar-refractivity contribution in [1.82, 2.24) is 23.8 Å². The lowest BCUT2D eigenvalue weighted by Gasteiger charge is -2.30. The molecule has 1 aliphatic rings. The fourth-order valence-electron chi connectivity index (χ4n) is 3.95. The minimum Gasteiger partial charge on any atom is -0.435 e. The third-order valence-electron chi connectivity index (χ3n) is 5.77. The summed E-state index contributed by atoms with van der Waals surface area (Å²) in [5.74, 6) is -0.347. The first-order chi connectivity index (χ1) is 17.8. The van der Waals surface area contributed by atoms with E-state index >= 15 is 0 Å². The fourth-order valence-corrected chi connectivity index (χ4v) is 4.83. The second kappa shape index (κ2) is 10.5. The highest BCUT2D eigenvalue weighted by molar-refractivity contribution is 7.88. The van der Waals surface area contributed by atoms with Gasteiger partial charge in [-0.25, -0.2) is 27.7 Å². The number of sulfonamides is 1. The van der Waals surface area contributed by atoms with Crippen LogP contribution in [0.2, 0.25) is 0 Å². The van der Waals surface area contributed by atoms with Crippen LogP contribution in [0.25, 0.3) is 17.1 Å². The van der Waals surface area contributed by atoms with Gasteiger partial charge in [-0.05, 0) is 25.0 Å². The maximum absolute atomic E-state index is 13.8. The van der Waals surface area contributed by atoms with Crippen molar-refractivity contribution in [3.63, 3.8) is 0 Å². The predicted molar refractivity (Wildman–Crippen MR) is 124 cm³/mol. The minimum absolute atomic E-state index is 0.0753. The maximum Gasteiger partial charge on any atom is 0.420 e. The van der Waals surface area contributed by atoms with Crippen LogP contribution in [-0.2, 0) is 16.2 Å². The molecule has 0 spiro atoms. The summed E-state index contributed by atoms with van der Waals surface area (Å²) in [7, 11) is -3.34. The smallest absolute Gasteiger partial charge is 0.420 e. The topological polar surface area (TPSA) is 126 Å². The SMILES string of the molecule is CS(=O)(=O)N1CCC(Nc2ncc(C(F)(F)F)c(-c3cn(-c4ccc(OC(F)F)cc4C#N)cn3)n2)CC1. The number of anilines is 1.